The number of alkyl halides is 3. The van der Waals surface area contributed by atoms with Gasteiger partial charge in [0.2, 0.25) is 5.91 Å². The summed E-state index contributed by atoms with van der Waals surface area (Å²) in [6.45, 7) is -12.6. The van der Waals surface area contributed by atoms with Crippen molar-refractivity contribution in [2.24, 2.45) is 0 Å². The quantitative estimate of drug-likeness (QED) is 0.837. The molecule has 1 heterocycles. The molecule has 0 aromatic heterocycles. The fourth-order valence-corrected chi connectivity index (χ4v) is 1.43. The number of rotatable bonds is 2. The molecule has 0 atom stereocenters. The molecule has 0 saturated carbocycles. The van der Waals surface area contributed by atoms with E-state index in [9.17, 15) is 18.0 Å². The Labute approximate surface area is 128 Å². The largest absolute Gasteiger partial charge is 0.416 e. The molecule has 1 amide bonds. The molecular formula is C14H17F3N2O. The summed E-state index contributed by atoms with van der Waals surface area (Å²) in [5, 5.41) is 0. The molecule has 2 rings (SSSR count). The number of hydrogen-bond acceptors (Lipinski definition) is 2. The van der Waals surface area contributed by atoms with Crippen molar-refractivity contribution in [1.29, 1.82) is 0 Å². The van der Waals surface area contributed by atoms with Gasteiger partial charge in [-0.1, -0.05) is 13.0 Å². The van der Waals surface area contributed by atoms with E-state index in [0.717, 1.165) is 6.07 Å². The lowest BCUT2D eigenvalue weighted by Gasteiger charge is -2.36. The average Bonchev–Trinajstić information content (AvgIpc) is 2.53. The molecule has 6 heteroatoms. The van der Waals surface area contributed by atoms with Crippen molar-refractivity contribution in [3.63, 3.8) is 0 Å². The van der Waals surface area contributed by atoms with E-state index < -0.39 is 61.8 Å². The zero-order valence-corrected chi connectivity index (χ0v) is 10.4. The van der Waals surface area contributed by atoms with Crippen LogP contribution < -0.4 is 4.90 Å². The maximum Gasteiger partial charge on any atom is 0.416 e. The molecule has 1 saturated heterocycles. The maximum atomic E-state index is 13.2. The molecule has 1 aromatic rings. The molecule has 0 radical (unpaired) electrons. The molecule has 110 valence electrons. The Bertz CT molecular complexity index is 801. The fraction of sp³-hybridized carbons (Fsp3) is 0.500. The molecule has 1 fully saturated rings. The average molecular weight is 295 g/mol. The SMILES string of the molecule is [2H]c1ccc(N2C([2H])([2H])C([2H])([2H])N(C(=O)CC)C([2H])([2H])C2([2H])[2H])cc1C(F)(F)F. The molecule has 0 unspecified atom stereocenters. The second kappa shape index (κ2) is 5.73. The van der Waals surface area contributed by atoms with E-state index in [-0.39, 0.29) is 15.9 Å². The van der Waals surface area contributed by atoms with Gasteiger partial charge in [0.1, 0.15) is 0 Å². The maximum absolute atomic E-state index is 13.2. The predicted octanol–water partition coefficient (Wildman–Crippen LogP) is 2.76. The van der Waals surface area contributed by atoms with Gasteiger partial charge in [-0.2, -0.15) is 13.2 Å². The van der Waals surface area contributed by atoms with Gasteiger partial charge in [0.15, 0.2) is 0 Å². The van der Waals surface area contributed by atoms with Gasteiger partial charge in [-0.25, -0.2) is 0 Å². The predicted molar refractivity (Wildman–Crippen MR) is 70.5 cm³/mol. The molecule has 1 aromatic carbocycles. The van der Waals surface area contributed by atoms with Crippen LogP contribution in [0.4, 0.5) is 18.9 Å². The zero-order valence-electron chi connectivity index (χ0n) is 19.4. The van der Waals surface area contributed by atoms with Gasteiger partial charge >= 0.3 is 6.18 Å². The molecule has 3 nitrogen and oxygen atoms in total. The third-order valence-electron chi connectivity index (χ3n) is 2.45. The first-order valence-electron chi connectivity index (χ1n) is 10.2. The van der Waals surface area contributed by atoms with E-state index in [1.807, 2.05) is 0 Å². The number of amides is 1. The van der Waals surface area contributed by atoms with E-state index >= 15 is 0 Å². The smallest absolute Gasteiger partial charge is 0.368 e. The molecule has 1 aliphatic heterocycles. The minimum absolute atomic E-state index is 0.0892. The van der Waals surface area contributed by atoms with Crippen LogP contribution in [0.5, 0.6) is 0 Å². The van der Waals surface area contributed by atoms with Gasteiger partial charge < -0.3 is 9.80 Å². The number of benzene rings is 1. The van der Waals surface area contributed by atoms with Crippen LogP contribution in [0.25, 0.3) is 0 Å². The highest BCUT2D eigenvalue weighted by molar-refractivity contribution is 5.76. The number of hydrogen-bond donors (Lipinski definition) is 0. The van der Waals surface area contributed by atoms with Crippen LogP contribution in [0.2, 0.25) is 0 Å². The van der Waals surface area contributed by atoms with E-state index in [0.29, 0.717) is 6.07 Å². The van der Waals surface area contributed by atoms with Crippen LogP contribution in [-0.4, -0.2) is 36.8 Å². The minimum atomic E-state index is -5.04. The molecule has 20 heavy (non-hydrogen) atoms. The Morgan fingerprint density at radius 3 is 2.60 bits per heavy atom. The first kappa shape index (κ1) is 6.83. The Morgan fingerprint density at radius 2 is 2.05 bits per heavy atom. The summed E-state index contributed by atoms with van der Waals surface area (Å²) in [7, 11) is 0. The van der Waals surface area contributed by atoms with E-state index in [2.05, 4.69) is 0 Å². The monoisotopic (exact) mass is 295 g/mol. The van der Waals surface area contributed by atoms with Crippen LogP contribution >= 0.6 is 0 Å². The first-order valence-corrected chi connectivity index (χ1v) is 5.66. The minimum Gasteiger partial charge on any atom is -0.368 e. The highest BCUT2D eigenvalue weighted by Gasteiger charge is 2.31. The number of carbonyl (C=O) groups is 1. The Kier molecular flexibility index (Phi) is 1.95. The van der Waals surface area contributed by atoms with Crippen LogP contribution in [0.15, 0.2) is 24.2 Å². The molecule has 0 aliphatic carbocycles. The molecule has 0 N–H and O–H groups in total. The van der Waals surface area contributed by atoms with E-state index in [1.165, 1.54) is 6.92 Å². The van der Waals surface area contributed by atoms with Gasteiger partial charge in [0.25, 0.3) is 0 Å². The van der Waals surface area contributed by atoms with E-state index in [1.54, 1.807) is 0 Å². The second-order valence-electron chi connectivity index (χ2n) is 3.82. The Balaban J connectivity index is 2.81. The highest BCUT2D eigenvalue weighted by atomic mass is 19.4. The first-order chi connectivity index (χ1) is 12.8. The summed E-state index contributed by atoms with van der Waals surface area (Å²) in [6, 6.07) is 0.658. The van der Waals surface area contributed by atoms with Crippen LogP contribution in [0.3, 0.4) is 0 Å². The summed E-state index contributed by atoms with van der Waals surface area (Å²) < 4.78 is 112. The van der Waals surface area contributed by atoms with Crippen molar-refractivity contribution in [3.05, 3.63) is 29.8 Å². The lowest BCUT2D eigenvalue weighted by Crippen LogP contribution is -2.48. The number of halogens is 3. The standard InChI is InChI=1S/C14H17F3N2O/c1-2-13(20)19-8-6-18(7-9-19)12-5-3-4-11(10-12)14(15,16)17/h3-5,10H,2,6-9H2,1H3/i4D,6D2,7D2,8D2,9D2. The zero-order chi connectivity index (χ0) is 22.8. The van der Waals surface area contributed by atoms with Crippen molar-refractivity contribution in [2.75, 3.05) is 30.9 Å². The van der Waals surface area contributed by atoms with Gasteiger partial charge in [0.05, 0.1) is 17.9 Å². The summed E-state index contributed by atoms with van der Waals surface area (Å²) >= 11 is 0. The van der Waals surface area contributed by atoms with Gasteiger partial charge in [-0.05, 0) is 18.2 Å². The Hall–Kier alpha value is -1.72. The summed E-state index contributed by atoms with van der Waals surface area (Å²) in [5.74, 6) is -1.22. The fourth-order valence-electron chi connectivity index (χ4n) is 1.43. The lowest BCUT2D eigenvalue weighted by atomic mass is 10.1. The second-order valence-corrected chi connectivity index (χ2v) is 3.82. The van der Waals surface area contributed by atoms with Gasteiger partial charge in [0, 0.05) is 38.1 Å². The highest BCUT2D eigenvalue weighted by Crippen LogP contribution is 2.31. The summed E-state index contributed by atoms with van der Waals surface area (Å²) in [5.41, 5.74) is -2.37. The van der Waals surface area contributed by atoms with Crippen molar-refractivity contribution < 1.29 is 30.3 Å². The topological polar surface area (TPSA) is 23.6 Å². The van der Waals surface area contributed by atoms with Crippen molar-refractivity contribution >= 4 is 11.6 Å². The third-order valence-corrected chi connectivity index (χ3v) is 2.45. The number of nitrogens with zero attached hydrogens (tertiary/aromatic N) is 2. The summed E-state index contributed by atoms with van der Waals surface area (Å²) in [6.07, 6.45) is -5.50. The third kappa shape index (κ3) is 3.23. The van der Waals surface area contributed by atoms with Crippen molar-refractivity contribution in [3.8, 4) is 0 Å². The van der Waals surface area contributed by atoms with Crippen molar-refractivity contribution in [2.45, 2.75) is 19.5 Å². The lowest BCUT2D eigenvalue weighted by molar-refractivity contribution is -0.137. The molecular weight excluding hydrogens is 269 g/mol. The number of anilines is 1. The van der Waals surface area contributed by atoms with Crippen molar-refractivity contribution in [1.82, 2.24) is 4.90 Å². The molecule has 0 spiro atoms. The van der Waals surface area contributed by atoms with Gasteiger partial charge in [-0.15, -0.1) is 0 Å². The molecule has 1 aliphatic rings. The van der Waals surface area contributed by atoms with Crippen LogP contribution in [-0.2, 0) is 11.0 Å². The van der Waals surface area contributed by atoms with E-state index in [4.69, 9.17) is 12.3 Å². The summed E-state index contributed by atoms with van der Waals surface area (Å²) in [4.78, 5) is 11.9. The number of carbonyl (C=O) groups excluding carboxylic acids is 1. The van der Waals surface area contributed by atoms with Crippen LogP contribution in [0.1, 0.15) is 31.2 Å². The molecule has 0 bridgehead atoms. The normalized spacial score (nSPS) is 33.1. The van der Waals surface area contributed by atoms with Gasteiger partial charge in [-0.3, -0.25) is 4.79 Å². The van der Waals surface area contributed by atoms with Crippen LogP contribution in [0, 0.1) is 0 Å². The number of piperazine rings is 1. The Morgan fingerprint density at radius 1 is 1.40 bits per heavy atom.